The summed E-state index contributed by atoms with van der Waals surface area (Å²) in [5.41, 5.74) is 0.768. The highest BCUT2D eigenvalue weighted by atomic mass is 19.1. The first kappa shape index (κ1) is 15.9. The summed E-state index contributed by atoms with van der Waals surface area (Å²) in [5.74, 6) is -1.60. The van der Waals surface area contributed by atoms with Crippen LogP contribution in [0.3, 0.4) is 0 Å². The van der Waals surface area contributed by atoms with Crippen molar-refractivity contribution in [3.05, 3.63) is 35.6 Å². The largest absolute Gasteiger partial charge is 0.480 e. The minimum atomic E-state index is -1.07. The Labute approximate surface area is 117 Å². The van der Waals surface area contributed by atoms with Crippen LogP contribution in [-0.4, -0.2) is 29.7 Å². The van der Waals surface area contributed by atoms with Crippen LogP contribution in [0.4, 0.5) is 9.18 Å². The van der Waals surface area contributed by atoms with Crippen molar-refractivity contribution in [3.8, 4) is 0 Å². The van der Waals surface area contributed by atoms with E-state index in [0.717, 1.165) is 5.56 Å². The van der Waals surface area contributed by atoms with Crippen LogP contribution in [-0.2, 0) is 11.2 Å². The lowest BCUT2D eigenvalue weighted by atomic mass is 10.1. The highest BCUT2D eigenvalue weighted by Gasteiger charge is 2.22. The summed E-state index contributed by atoms with van der Waals surface area (Å²) in [6.07, 6.45) is 0.477. The summed E-state index contributed by atoms with van der Waals surface area (Å²) >= 11 is 0. The number of carboxylic acids is 1. The van der Waals surface area contributed by atoms with E-state index in [2.05, 4.69) is 10.6 Å². The molecular formula is C14H19FN2O3. The Morgan fingerprint density at radius 3 is 2.60 bits per heavy atom. The summed E-state index contributed by atoms with van der Waals surface area (Å²) in [5, 5.41) is 13.9. The number of nitrogens with one attached hydrogen (secondary N) is 2. The number of carboxylic acid groups (broad SMARTS) is 1. The molecule has 0 spiro atoms. The molecule has 0 bridgehead atoms. The fraction of sp³-hybridized carbons (Fsp3) is 0.429. The Bertz CT molecular complexity index is 477. The number of urea groups is 1. The Balaban J connectivity index is 2.38. The maximum absolute atomic E-state index is 12.9. The smallest absolute Gasteiger partial charge is 0.326 e. The van der Waals surface area contributed by atoms with E-state index < -0.39 is 18.0 Å². The zero-order valence-corrected chi connectivity index (χ0v) is 11.5. The molecule has 3 N–H and O–H groups in total. The molecule has 1 aromatic carbocycles. The topological polar surface area (TPSA) is 78.4 Å². The first-order valence-corrected chi connectivity index (χ1v) is 6.41. The molecule has 2 amide bonds. The second-order valence-electron chi connectivity index (χ2n) is 4.84. The number of hydrogen-bond donors (Lipinski definition) is 3. The summed E-state index contributed by atoms with van der Waals surface area (Å²) in [6.45, 7) is 3.73. The molecule has 6 heteroatoms. The van der Waals surface area contributed by atoms with Crippen LogP contribution in [0.25, 0.3) is 0 Å². The number of benzene rings is 1. The molecule has 20 heavy (non-hydrogen) atoms. The molecule has 0 aliphatic heterocycles. The van der Waals surface area contributed by atoms with Crippen LogP contribution in [0.2, 0.25) is 0 Å². The van der Waals surface area contributed by atoms with Crippen molar-refractivity contribution in [2.24, 2.45) is 5.92 Å². The highest BCUT2D eigenvalue weighted by Crippen LogP contribution is 2.04. The Morgan fingerprint density at radius 1 is 1.35 bits per heavy atom. The third-order valence-corrected chi connectivity index (χ3v) is 2.81. The number of amides is 2. The molecule has 1 rings (SSSR count). The second kappa shape index (κ2) is 7.47. The van der Waals surface area contributed by atoms with Crippen molar-refractivity contribution in [2.75, 3.05) is 6.54 Å². The van der Waals surface area contributed by atoms with E-state index in [4.69, 9.17) is 5.11 Å². The fourth-order valence-corrected chi connectivity index (χ4v) is 1.72. The van der Waals surface area contributed by atoms with Gasteiger partial charge in [0.15, 0.2) is 0 Å². The van der Waals surface area contributed by atoms with E-state index in [0.29, 0.717) is 13.0 Å². The number of rotatable bonds is 6. The van der Waals surface area contributed by atoms with Gasteiger partial charge in [-0.25, -0.2) is 14.0 Å². The van der Waals surface area contributed by atoms with E-state index in [-0.39, 0.29) is 11.7 Å². The Hall–Kier alpha value is -2.11. The summed E-state index contributed by atoms with van der Waals surface area (Å²) in [4.78, 5) is 22.5. The molecule has 5 nitrogen and oxygen atoms in total. The maximum Gasteiger partial charge on any atom is 0.326 e. The van der Waals surface area contributed by atoms with Gasteiger partial charge in [0.05, 0.1) is 0 Å². The van der Waals surface area contributed by atoms with Crippen molar-refractivity contribution < 1.29 is 19.1 Å². The van der Waals surface area contributed by atoms with Gasteiger partial charge in [-0.15, -0.1) is 0 Å². The van der Waals surface area contributed by atoms with Gasteiger partial charge in [0.2, 0.25) is 0 Å². The molecule has 0 radical (unpaired) electrons. The van der Waals surface area contributed by atoms with E-state index >= 15 is 0 Å². The van der Waals surface area contributed by atoms with Gasteiger partial charge in [0.25, 0.3) is 0 Å². The summed E-state index contributed by atoms with van der Waals surface area (Å²) < 4.78 is 12.9. The van der Waals surface area contributed by atoms with Gasteiger partial charge in [-0.3, -0.25) is 0 Å². The molecule has 0 aliphatic rings. The third-order valence-electron chi connectivity index (χ3n) is 2.81. The minimum absolute atomic E-state index is 0.207. The first-order chi connectivity index (χ1) is 9.40. The fourth-order valence-electron chi connectivity index (χ4n) is 1.72. The Kier molecular flexibility index (Phi) is 5.96. The van der Waals surface area contributed by atoms with Crippen molar-refractivity contribution in [1.29, 1.82) is 0 Å². The monoisotopic (exact) mass is 282 g/mol. The number of carbonyl (C=O) groups is 2. The normalized spacial score (nSPS) is 12.0. The van der Waals surface area contributed by atoms with E-state index in [9.17, 15) is 14.0 Å². The van der Waals surface area contributed by atoms with Crippen LogP contribution in [0.1, 0.15) is 19.4 Å². The lowest BCUT2D eigenvalue weighted by Crippen LogP contribution is -2.48. The molecule has 1 atom stereocenters. The molecule has 0 saturated carbocycles. The zero-order valence-electron chi connectivity index (χ0n) is 11.5. The van der Waals surface area contributed by atoms with Crippen LogP contribution >= 0.6 is 0 Å². The van der Waals surface area contributed by atoms with Gasteiger partial charge in [0.1, 0.15) is 11.9 Å². The number of carbonyl (C=O) groups excluding carboxylic acids is 1. The number of hydrogen-bond acceptors (Lipinski definition) is 2. The lowest BCUT2D eigenvalue weighted by molar-refractivity contribution is -0.140. The SMILES string of the molecule is CC(C)[C@@H](NC(=O)NCCc1cccc(F)c1)C(=O)O. The average Bonchev–Trinajstić information content (AvgIpc) is 2.35. The zero-order chi connectivity index (χ0) is 15.1. The molecule has 0 aromatic heterocycles. The molecule has 110 valence electrons. The van der Waals surface area contributed by atoms with E-state index in [1.165, 1.54) is 12.1 Å². The van der Waals surface area contributed by atoms with Gasteiger partial charge >= 0.3 is 12.0 Å². The summed E-state index contributed by atoms with van der Waals surface area (Å²) in [6, 6.07) is 4.64. The molecule has 0 aliphatic carbocycles. The van der Waals surface area contributed by atoms with E-state index in [1.807, 2.05) is 0 Å². The molecule has 0 fully saturated rings. The van der Waals surface area contributed by atoms with Gasteiger partial charge in [-0.2, -0.15) is 0 Å². The Morgan fingerprint density at radius 2 is 2.05 bits per heavy atom. The van der Waals surface area contributed by atoms with Crippen molar-refractivity contribution in [3.63, 3.8) is 0 Å². The van der Waals surface area contributed by atoms with Crippen molar-refractivity contribution >= 4 is 12.0 Å². The van der Waals surface area contributed by atoms with Gasteiger partial charge in [-0.1, -0.05) is 26.0 Å². The number of halogens is 1. The highest BCUT2D eigenvalue weighted by molar-refractivity contribution is 5.82. The lowest BCUT2D eigenvalue weighted by Gasteiger charge is -2.18. The second-order valence-corrected chi connectivity index (χ2v) is 4.84. The maximum atomic E-state index is 12.9. The van der Waals surface area contributed by atoms with Gasteiger partial charge in [0, 0.05) is 6.54 Å². The van der Waals surface area contributed by atoms with Gasteiger partial charge < -0.3 is 15.7 Å². The number of aliphatic carboxylic acids is 1. The minimum Gasteiger partial charge on any atom is -0.480 e. The van der Waals surface area contributed by atoms with Crippen LogP contribution in [0, 0.1) is 11.7 Å². The average molecular weight is 282 g/mol. The van der Waals surface area contributed by atoms with E-state index in [1.54, 1.807) is 26.0 Å². The van der Waals surface area contributed by atoms with Crippen molar-refractivity contribution in [1.82, 2.24) is 10.6 Å². The van der Waals surface area contributed by atoms with Crippen molar-refractivity contribution in [2.45, 2.75) is 26.3 Å². The van der Waals surface area contributed by atoms with Crippen LogP contribution in [0.15, 0.2) is 24.3 Å². The van der Waals surface area contributed by atoms with Crippen LogP contribution in [0.5, 0.6) is 0 Å². The van der Waals surface area contributed by atoms with Crippen LogP contribution < -0.4 is 10.6 Å². The molecule has 1 aromatic rings. The predicted molar refractivity (Wildman–Crippen MR) is 72.9 cm³/mol. The predicted octanol–water partition coefficient (Wildman–Crippen LogP) is 1.78. The standard InChI is InChI=1S/C14H19FN2O3/c1-9(2)12(13(18)19)17-14(20)16-7-6-10-4-3-5-11(15)8-10/h3-5,8-9,12H,6-7H2,1-2H3,(H,18,19)(H2,16,17,20)/t12-/m1/s1. The molecule has 0 saturated heterocycles. The molecule has 0 heterocycles. The first-order valence-electron chi connectivity index (χ1n) is 6.41. The quantitative estimate of drug-likeness (QED) is 0.744. The molecule has 0 unspecified atom stereocenters. The third kappa shape index (κ3) is 5.26. The molecular weight excluding hydrogens is 263 g/mol. The summed E-state index contributed by atoms with van der Waals surface area (Å²) in [7, 11) is 0. The van der Waals surface area contributed by atoms with Gasteiger partial charge in [-0.05, 0) is 30.0 Å².